The predicted molar refractivity (Wildman–Crippen MR) is 99.5 cm³/mol. The molecule has 0 aliphatic rings. The molecule has 6 nitrogen and oxygen atoms in total. The molecule has 0 saturated heterocycles. The van der Waals surface area contributed by atoms with E-state index in [4.69, 9.17) is 5.73 Å². The van der Waals surface area contributed by atoms with Gasteiger partial charge >= 0.3 is 0 Å². The molecule has 0 bridgehead atoms. The van der Waals surface area contributed by atoms with Gasteiger partial charge in [0.05, 0.1) is 26.7 Å². The molecule has 1 amide bonds. The number of hydrogen-bond donors (Lipinski definition) is 2. The zero-order valence-electron chi connectivity index (χ0n) is 13.3. The van der Waals surface area contributed by atoms with Gasteiger partial charge in [0, 0.05) is 18.0 Å². The minimum Gasteiger partial charge on any atom is -0.397 e. The van der Waals surface area contributed by atoms with Crippen LogP contribution in [-0.2, 0) is 9.84 Å². The Morgan fingerprint density at radius 2 is 1.88 bits per heavy atom. The van der Waals surface area contributed by atoms with Crippen molar-refractivity contribution in [1.29, 1.82) is 0 Å². The fourth-order valence-corrected chi connectivity index (χ4v) is 3.47. The average Bonchev–Trinajstić information content (AvgIpc) is 3.10. The van der Waals surface area contributed by atoms with Gasteiger partial charge in [0.25, 0.3) is 5.91 Å². The van der Waals surface area contributed by atoms with Gasteiger partial charge in [-0.2, -0.15) is 0 Å². The van der Waals surface area contributed by atoms with E-state index < -0.39 is 9.84 Å². The molecular weight excluding hydrogens is 358 g/mol. The van der Waals surface area contributed by atoms with E-state index >= 15 is 0 Å². The van der Waals surface area contributed by atoms with Crippen molar-refractivity contribution in [2.24, 2.45) is 0 Å². The van der Waals surface area contributed by atoms with Crippen molar-refractivity contribution >= 4 is 38.5 Å². The maximum Gasteiger partial charge on any atom is 0.255 e. The van der Waals surface area contributed by atoms with Crippen LogP contribution in [0.25, 0.3) is 10.4 Å². The second kappa shape index (κ2) is 6.66. The van der Waals surface area contributed by atoms with Crippen LogP contribution in [0, 0.1) is 0 Å². The molecule has 3 N–H and O–H groups in total. The van der Waals surface area contributed by atoms with Crippen molar-refractivity contribution < 1.29 is 13.2 Å². The minimum atomic E-state index is -3.30. The molecule has 128 valence electrons. The zero-order valence-corrected chi connectivity index (χ0v) is 14.9. The summed E-state index contributed by atoms with van der Waals surface area (Å²) in [5.74, 6) is -0.367. The van der Waals surface area contributed by atoms with Gasteiger partial charge in [-0.25, -0.2) is 8.42 Å². The Morgan fingerprint density at radius 1 is 1.16 bits per heavy atom. The van der Waals surface area contributed by atoms with Crippen LogP contribution in [0.5, 0.6) is 0 Å². The van der Waals surface area contributed by atoms with Gasteiger partial charge in [-0.15, -0.1) is 11.3 Å². The lowest BCUT2D eigenvalue weighted by Gasteiger charge is -2.10. The van der Waals surface area contributed by atoms with E-state index in [9.17, 15) is 13.2 Å². The number of nitrogen functional groups attached to an aromatic ring is 1. The van der Waals surface area contributed by atoms with Crippen molar-refractivity contribution in [2.45, 2.75) is 4.90 Å². The molecule has 25 heavy (non-hydrogen) atoms. The summed E-state index contributed by atoms with van der Waals surface area (Å²) in [5, 5.41) is 2.76. The summed E-state index contributed by atoms with van der Waals surface area (Å²) >= 11 is 1.49. The third-order valence-electron chi connectivity index (χ3n) is 3.56. The largest absolute Gasteiger partial charge is 0.397 e. The van der Waals surface area contributed by atoms with Crippen LogP contribution in [0.1, 0.15) is 10.4 Å². The van der Waals surface area contributed by atoms with E-state index in [1.807, 2.05) is 6.07 Å². The van der Waals surface area contributed by atoms with Crippen molar-refractivity contribution in [2.75, 3.05) is 17.3 Å². The highest BCUT2D eigenvalue weighted by Gasteiger charge is 2.12. The molecule has 0 saturated carbocycles. The molecular formula is C17H15N3O3S2. The van der Waals surface area contributed by atoms with Crippen LogP contribution < -0.4 is 11.1 Å². The van der Waals surface area contributed by atoms with E-state index in [0.717, 1.165) is 16.7 Å². The Bertz CT molecular complexity index is 1010. The summed E-state index contributed by atoms with van der Waals surface area (Å²) in [6.45, 7) is 0. The first-order valence-corrected chi connectivity index (χ1v) is 10.0. The highest BCUT2D eigenvalue weighted by molar-refractivity contribution is 7.90. The standard InChI is InChI=1S/C17H15N3O3S2/c1-25(22,23)13-5-2-11(3-6-13)17(21)20-15-8-12(4-7-14(15)18)16-9-19-10-24-16/h2-10H,18H2,1H3,(H,20,21). The number of hydrogen-bond acceptors (Lipinski definition) is 6. The molecule has 3 rings (SSSR count). The summed E-state index contributed by atoms with van der Waals surface area (Å²) in [6.07, 6.45) is 2.86. The number of anilines is 2. The highest BCUT2D eigenvalue weighted by Crippen LogP contribution is 2.29. The molecule has 3 aromatic rings. The Kier molecular flexibility index (Phi) is 4.56. The van der Waals surface area contributed by atoms with Crippen LogP contribution in [0.2, 0.25) is 0 Å². The molecule has 1 heterocycles. The summed E-state index contributed by atoms with van der Waals surface area (Å²) in [4.78, 5) is 17.6. The zero-order chi connectivity index (χ0) is 18.0. The third-order valence-corrected chi connectivity index (χ3v) is 5.51. The Morgan fingerprint density at radius 3 is 2.48 bits per heavy atom. The fraction of sp³-hybridized carbons (Fsp3) is 0.0588. The third kappa shape index (κ3) is 3.86. The Balaban J connectivity index is 1.84. The second-order valence-corrected chi connectivity index (χ2v) is 8.32. The van der Waals surface area contributed by atoms with E-state index in [-0.39, 0.29) is 10.8 Å². The van der Waals surface area contributed by atoms with Crippen LogP contribution in [0.15, 0.2) is 59.1 Å². The number of rotatable bonds is 4. The SMILES string of the molecule is CS(=O)(=O)c1ccc(C(=O)Nc2cc(-c3cncs3)ccc2N)cc1. The average molecular weight is 373 g/mol. The summed E-state index contributed by atoms with van der Waals surface area (Å²) in [7, 11) is -3.30. The molecule has 2 aromatic carbocycles. The molecule has 0 spiro atoms. The van der Waals surface area contributed by atoms with Gasteiger partial charge in [-0.3, -0.25) is 9.78 Å². The number of thiazole rings is 1. The first-order chi connectivity index (χ1) is 11.8. The number of nitrogens with zero attached hydrogens (tertiary/aromatic N) is 1. The van der Waals surface area contributed by atoms with E-state index in [1.54, 1.807) is 23.8 Å². The molecule has 1 aromatic heterocycles. The maximum absolute atomic E-state index is 12.4. The number of aromatic nitrogens is 1. The molecule has 0 fully saturated rings. The van der Waals surface area contributed by atoms with Gasteiger partial charge in [0.1, 0.15) is 0 Å². The number of nitrogens with one attached hydrogen (secondary N) is 1. The lowest BCUT2D eigenvalue weighted by Crippen LogP contribution is -2.13. The van der Waals surface area contributed by atoms with Crippen LogP contribution in [0.4, 0.5) is 11.4 Å². The van der Waals surface area contributed by atoms with Crippen molar-refractivity contribution in [1.82, 2.24) is 4.98 Å². The number of amides is 1. The van der Waals surface area contributed by atoms with Crippen LogP contribution in [0.3, 0.4) is 0 Å². The fourth-order valence-electron chi connectivity index (χ4n) is 2.22. The topological polar surface area (TPSA) is 102 Å². The van der Waals surface area contributed by atoms with Crippen LogP contribution in [-0.4, -0.2) is 25.6 Å². The number of carbonyl (C=O) groups is 1. The molecule has 0 radical (unpaired) electrons. The van der Waals surface area contributed by atoms with Gasteiger partial charge in [0.2, 0.25) is 0 Å². The predicted octanol–water partition coefficient (Wildman–Crippen LogP) is 3.05. The van der Waals surface area contributed by atoms with Gasteiger partial charge in [0.15, 0.2) is 9.84 Å². The lowest BCUT2D eigenvalue weighted by molar-refractivity contribution is 0.102. The number of benzene rings is 2. The molecule has 0 aliphatic heterocycles. The molecule has 0 unspecified atom stereocenters. The maximum atomic E-state index is 12.4. The monoisotopic (exact) mass is 373 g/mol. The van der Waals surface area contributed by atoms with E-state index in [0.29, 0.717) is 16.9 Å². The smallest absolute Gasteiger partial charge is 0.255 e. The summed E-state index contributed by atoms with van der Waals surface area (Å²) in [6, 6.07) is 11.1. The van der Waals surface area contributed by atoms with Gasteiger partial charge < -0.3 is 11.1 Å². The lowest BCUT2D eigenvalue weighted by atomic mass is 10.1. The first kappa shape index (κ1) is 17.1. The highest BCUT2D eigenvalue weighted by atomic mass is 32.2. The summed E-state index contributed by atoms with van der Waals surface area (Å²) < 4.78 is 23.0. The van der Waals surface area contributed by atoms with Crippen molar-refractivity contribution in [3.05, 3.63) is 59.7 Å². The van der Waals surface area contributed by atoms with Crippen LogP contribution >= 0.6 is 11.3 Å². The van der Waals surface area contributed by atoms with Crippen molar-refractivity contribution in [3.63, 3.8) is 0 Å². The Hall–Kier alpha value is -2.71. The normalized spacial score (nSPS) is 11.2. The second-order valence-electron chi connectivity index (χ2n) is 5.42. The van der Waals surface area contributed by atoms with Gasteiger partial charge in [-0.05, 0) is 42.0 Å². The minimum absolute atomic E-state index is 0.163. The molecule has 8 heteroatoms. The first-order valence-electron chi connectivity index (χ1n) is 7.24. The van der Waals surface area contributed by atoms with E-state index in [1.165, 1.54) is 35.6 Å². The molecule has 0 atom stereocenters. The number of nitrogens with two attached hydrogens (primary N) is 1. The van der Waals surface area contributed by atoms with E-state index in [2.05, 4.69) is 10.3 Å². The number of carbonyl (C=O) groups excluding carboxylic acids is 1. The molecule has 0 aliphatic carbocycles. The van der Waals surface area contributed by atoms with Crippen molar-refractivity contribution in [3.8, 4) is 10.4 Å². The number of sulfone groups is 1. The summed E-state index contributed by atoms with van der Waals surface area (Å²) in [5.41, 5.74) is 9.85. The Labute approximate surface area is 149 Å². The van der Waals surface area contributed by atoms with Gasteiger partial charge in [-0.1, -0.05) is 6.07 Å². The quantitative estimate of drug-likeness (QED) is 0.684.